The number of alkyl halides is 3. The van der Waals surface area contributed by atoms with E-state index in [2.05, 4.69) is 15.0 Å². The van der Waals surface area contributed by atoms with Gasteiger partial charge < -0.3 is 20.9 Å². The van der Waals surface area contributed by atoms with E-state index in [-0.39, 0.29) is 16.7 Å². The highest BCUT2D eigenvalue weighted by Crippen LogP contribution is 2.24. The van der Waals surface area contributed by atoms with Gasteiger partial charge in [0.05, 0.1) is 18.4 Å². The fourth-order valence-corrected chi connectivity index (χ4v) is 4.43. The van der Waals surface area contributed by atoms with E-state index < -0.39 is 33.8 Å². The van der Waals surface area contributed by atoms with Gasteiger partial charge in [-0.15, -0.1) is 24.5 Å². The van der Waals surface area contributed by atoms with Gasteiger partial charge in [-0.1, -0.05) is 6.07 Å². The molecule has 2 rings (SSSR count). The first-order valence-corrected chi connectivity index (χ1v) is 9.95. The minimum Gasteiger partial charge on any atom is -0.406 e. The summed E-state index contributed by atoms with van der Waals surface area (Å²) < 4.78 is 64.2. The quantitative estimate of drug-likeness (QED) is 0.465. The topological polar surface area (TPSA) is 114 Å². The van der Waals surface area contributed by atoms with Gasteiger partial charge in [0, 0.05) is 5.69 Å². The standard InChI is InChI=1S/C15H16F3N3O4S2/c16-15(17,18)25-12-5-3-10(4-6-12)21-14(19)20-8-11(22)9-27(23,24)13-2-1-7-26-13/h1-7,11,22H,8-9H2,(H3,19,20,21). The van der Waals surface area contributed by atoms with Crippen LogP contribution in [0.5, 0.6) is 5.75 Å². The van der Waals surface area contributed by atoms with Crippen molar-refractivity contribution in [3.63, 3.8) is 0 Å². The molecule has 0 fully saturated rings. The van der Waals surface area contributed by atoms with Gasteiger partial charge in [0.2, 0.25) is 0 Å². The average molecular weight is 423 g/mol. The van der Waals surface area contributed by atoms with Crippen molar-refractivity contribution in [3.05, 3.63) is 41.8 Å². The molecule has 0 saturated carbocycles. The van der Waals surface area contributed by atoms with E-state index in [1.807, 2.05) is 0 Å². The van der Waals surface area contributed by atoms with Crippen molar-refractivity contribution < 1.29 is 31.4 Å². The molecule has 12 heteroatoms. The van der Waals surface area contributed by atoms with Crippen LogP contribution in [0.15, 0.2) is 51.0 Å². The predicted octanol–water partition coefficient (Wildman–Crippen LogP) is 2.21. The second kappa shape index (κ2) is 8.59. The molecule has 7 nitrogen and oxygen atoms in total. The predicted molar refractivity (Wildman–Crippen MR) is 95.6 cm³/mol. The molecule has 0 radical (unpaired) electrons. The van der Waals surface area contributed by atoms with Gasteiger partial charge >= 0.3 is 6.36 Å². The number of aliphatic imine (C=N–C) groups is 1. The van der Waals surface area contributed by atoms with Crippen molar-refractivity contribution in [2.75, 3.05) is 17.6 Å². The van der Waals surface area contributed by atoms with Gasteiger partial charge in [0.15, 0.2) is 15.8 Å². The van der Waals surface area contributed by atoms with Gasteiger partial charge in [-0.3, -0.25) is 4.99 Å². The molecule has 0 aliphatic rings. The summed E-state index contributed by atoms with van der Waals surface area (Å²) >= 11 is 1.05. The van der Waals surface area contributed by atoms with Gasteiger partial charge in [-0.2, -0.15) is 0 Å². The molecule has 0 saturated heterocycles. The molecule has 0 spiro atoms. The zero-order chi connectivity index (χ0) is 20.1. The highest BCUT2D eigenvalue weighted by atomic mass is 32.2. The lowest BCUT2D eigenvalue weighted by Crippen LogP contribution is -2.28. The molecule has 1 unspecified atom stereocenters. The molecule has 1 aromatic carbocycles. The number of thiophene rings is 1. The van der Waals surface area contributed by atoms with Crippen molar-refractivity contribution in [2.45, 2.75) is 16.7 Å². The van der Waals surface area contributed by atoms with Gasteiger partial charge in [-0.05, 0) is 35.7 Å². The van der Waals surface area contributed by atoms with Crippen molar-refractivity contribution in [2.24, 2.45) is 10.7 Å². The van der Waals surface area contributed by atoms with Crippen LogP contribution in [0.2, 0.25) is 0 Å². The van der Waals surface area contributed by atoms with Gasteiger partial charge in [0.25, 0.3) is 0 Å². The Morgan fingerprint density at radius 2 is 1.96 bits per heavy atom. The molecule has 0 bridgehead atoms. The first-order valence-electron chi connectivity index (χ1n) is 7.42. The second-order valence-corrected chi connectivity index (χ2v) is 8.50. The number of benzene rings is 1. The third kappa shape index (κ3) is 7.07. The van der Waals surface area contributed by atoms with E-state index in [1.165, 1.54) is 18.2 Å². The van der Waals surface area contributed by atoms with Crippen molar-refractivity contribution in [1.29, 1.82) is 0 Å². The minimum atomic E-state index is -4.78. The number of anilines is 1. The largest absolute Gasteiger partial charge is 0.573 e. The summed E-state index contributed by atoms with van der Waals surface area (Å²) in [6, 6.07) is 7.80. The number of sulfone groups is 1. The third-order valence-corrected chi connectivity index (χ3v) is 6.33. The molecular formula is C15H16F3N3O4S2. The van der Waals surface area contributed by atoms with Crippen LogP contribution in [0, 0.1) is 0 Å². The number of halogens is 3. The Kier molecular flexibility index (Phi) is 6.68. The van der Waals surface area contributed by atoms with E-state index in [0.29, 0.717) is 5.69 Å². The number of hydrogen-bond donors (Lipinski definition) is 3. The fourth-order valence-electron chi connectivity index (χ4n) is 1.96. The van der Waals surface area contributed by atoms with Crippen molar-refractivity contribution >= 4 is 32.8 Å². The maximum Gasteiger partial charge on any atom is 0.573 e. The highest BCUT2D eigenvalue weighted by Gasteiger charge is 2.30. The summed E-state index contributed by atoms with van der Waals surface area (Å²) in [5.41, 5.74) is 5.96. The maximum atomic E-state index is 12.1. The molecule has 0 aliphatic heterocycles. The van der Waals surface area contributed by atoms with Crippen molar-refractivity contribution in [3.8, 4) is 5.75 Å². The number of rotatable bonds is 7. The van der Waals surface area contributed by atoms with Crippen LogP contribution in [-0.2, 0) is 9.84 Å². The Hall–Kier alpha value is -2.31. The number of nitrogens with zero attached hydrogens (tertiary/aromatic N) is 1. The van der Waals surface area contributed by atoms with Crippen LogP contribution in [0.3, 0.4) is 0 Å². The van der Waals surface area contributed by atoms with E-state index in [1.54, 1.807) is 11.4 Å². The molecule has 0 aliphatic carbocycles. The fraction of sp³-hybridized carbons (Fsp3) is 0.267. The Bertz CT molecular complexity index is 867. The lowest BCUT2D eigenvalue weighted by atomic mass is 10.3. The highest BCUT2D eigenvalue weighted by molar-refractivity contribution is 7.93. The van der Waals surface area contributed by atoms with Crippen LogP contribution in [-0.4, -0.2) is 44.2 Å². The summed E-state index contributed by atoms with van der Waals surface area (Å²) in [4.78, 5) is 3.83. The summed E-state index contributed by atoms with van der Waals surface area (Å²) in [5, 5.41) is 14.1. The molecular weight excluding hydrogens is 407 g/mol. The second-order valence-electron chi connectivity index (χ2n) is 5.29. The Balaban J connectivity index is 1.88. The Morgan fingerprint density at radius 1 is 1.30 bits per heavy atom. The Morgan fingerprint density at radius 3 is 2.52 bits per heavy atom. The maximum absolute atomic E-state index is 12.1. The van der Waals surface area contributed by atoms with E-state index >= 15 is 0 Å². The van der Waals surface area contributed by atoms with Crippen molar-refractivity contribution in [1.82, 2.24) is 0 Å². The smallest absolute Gasteiger partial charge is 0.406 e. The third-order valence-electron chi connectivity index (χ3n) is 3.05. The molecule has 148 valence electrons. The number of aliphatic hydroxyl groups excluding tert-OH is 1. The summed E-state index contributed by atoms with van der Waals surface area (Å²) in [5.74, 6) is -1.03. The molecule has 27 heavy (non-hydrogen) atoms. The summed E-state index contributed by atoms with van der Waals surface area (Å²) in [6.45, 7) is -0.265. The van der Waals surface area contributed by atoms with E-state index in [9.17, 15) is 26.7 Å². The summed E-state index contributed by atoms with van der Waals surface area (Å²) in [7, 11) is -3.61. The van der Waals surface area contributed by atoms with Gasteiger partial charge in [0.1, 0.15) is 9.96 Å². The number of hydrogen-bond acceptors (Lipinski definition) is 6. The van der Waals surface area contributed by atoms with Crippen LogP contribution < -0.4 is 15.8 Å². The van der Waals surface area contributed by atoms with Crippen LogP contribution in [0.4, 0.5) is 18.9 Å². The number of aliphatic hydroxyl groups is 1. The number of nitrogens with two attached hydrogens (primary N) is 1. The number of guanidine groups is 1. The van der Waals surface area contributed by atoms with E-state index in [4.69, 9.17) is 5.73 Å². The normalized spacial score (nSPS) is 14.0. The molecule has 1 heterocycles. The van der Waals surface area contributed by atoms with Gasteiger partial charge in [-0.25, -0.2) is 8.42 Å². The number of ether oxygens (including phenoxy) is 1. The summed E-state index contributed by atoms with van der Waals surface area (Å²) in [6.07, 6.45) is -6.05. The first-order chi connectivity index (χ1) is 12.5. The molecule has 1 atom stereocenters. The number of nitrogens with one attached hydrogen (secondary N) is 1. The average Bonchev–Trinajstić information content (AvgIpc) is 3.08. The first kappa shape index (κ1) is 21.0. The molecule has 0 amide bonds. The molecule has 2 aromatic rings. The lowest BCUT2D eigenvalue weighted by molar-refractivity contribution is -0.274. The molecule has 4 N–H and O–H groups in total. The minimum absolute atomic E-state index is 0.132. The lowest BCUT2D eigenvalue weighted by Gasteiger charge is -2.11. The monoisotopic (exact) mass is 423 g/mol. The zero-order valence-electron chi connectivity index (χ0n) is 13.7. The van der Waals surface area contributed by atoms with Crippen LogP contribution in [0.1, 0.15) is 0 Å². The van der Waals surface area contributed by atoms with Crippen LogP contribution >= 0.6 is 11.3 Å². The van der Waals surface area contributed by atoms with E-state index in [0.717, 1.165) is 23.5 Å². The van der Waals surface area contributed by atoms with Crippen LogP contribution in [0.25, 0.3) is 0 Å². The SMILES string of the molecule is NC(=NCC(O)CS(=O)(=O)c1cccs1)Nc1ccc(OC(F)(F)F)cc1. The zero-order valence-corrected chi connectivity index (χ0v) is 15.3. The Labute approximate surface area is 157 Å². The molecule has 1 aromatic heterocycles.